The average molecular weight is 2050 g/mol. The summed E-state index contributed by atoms with van der Waals surface area (Å²) in [5.41, 5.74) is 17.7. The number of carbonyl (C=O) groups excluding carboxylic acids is 1. The Morgan fingerprint density at radius 1 is 0.380 bits per heavy atom. The van der Waals surface area contributed by atoms with Crippen molar-refractivity contribution in [1.29, 1.82) is 0 Å². The molecule has 0 unspecified atom stereocenters. The van der Waals surface area contributed by atoms with Crippen molar-refractivity contribution in [2.24, 2.45) is 49.2 Å². The predicted molar refractivity (Wildman–Crippen MR) is 646 cm³/mol. The third-order valence-corrected chi connectivity index (χ3v) is 22.2. The van der Waals surface area contributed by atoms with Crippen LogP contribution in [0.5, 0.6) is 11.5 Å². The van der Waals surface area contributed by atoms with Crippen LogP contribution in [0.1, 0.15) is 398 Å². The van der Waals surface area contributed by atoms with Gasteiger partial charge in [0, 0.05) is 115 Å². The van der Waals surface area contributed by atoms with E-state index >= 15 is 0 Å². The Kier molecular flexibility index (Phi) is 56.1. The van der Waals surface area contributed by atoms with E-state index in [-0.39, 0.29) is 70.9 Å². The van der Waals surface area contributed by atoms with Crippen LogP contribution in [-0.4, -0.2) is 71.4 Å². The van der Waals surface area contributed by atoms with Gasteiger partial charge in [0.2, 0.25) is 12.7 Å². The fourth-order valence-corrected chi connectivity index (χ4v) is 12.9. The number of pyridine rings is 1. The van der Waals surface area contributed by atoms with Gasteiger partial charge >= 0.3 is 0 Å². The first-order valence-corrected chi connectivity index (χ1v) is 54.7. The monoisotopic (exact) mass is 2050 g/mol. The van der Waals surface area contributed by atoms with Crippen LogP contribution in [0.2, 0.25) is 0 Å². The maximum absolute atomic E-state index is 13.3. The standard InChI is InChI=1S/C14H18.C13H15F.2C13H16.C12H18.C11H13N.C11H14O2.C11H16.C10H12S.C9H14.C8H17NO.C8H12O.C7H13NO/c1-11-6-7-12(2)13(10-11)8-9-14(3,4)5;1-10-5-6-11(12(14)9-10)7-8-13(2,3)4;2*1-11-5-7-12(8-6-11)9-10-13(2,3)4;1-12(2,3)10-9-11-7-5-4-6-8-11;1-11(2,3)8-7-10-6-4-5-9-12-10;1-11(2,3)8-4-5-9-10(6-8)13-7-12-9;1-9-5-7-10(8-6-9)11(2,3)4;1-10(2,3)7-6-9-5-4-8-11-9;1-9(2,3)7-6-8-4-5-8;1-8(2,3)9-4-6-10-7-5-9;1-8(2,3)7-5-4-6-9-7;1-7(2,3)8-5-4-6(8)9/h6-7,10H,1-5H3;5-6,9H,1-4H3;2*5-8H,1-4H3;7H,4-6,8H2,1-3H3;4-6,9H,1-3H3;4-6H,7H2,1-3H3;5-8H,1-4H3;4-5,8H,1-3H3;8H,4-5H2,1-3H3;4-7H2,1-3H3;4-6H,1-3H3;4-5H2,1-3H3. The van der Waals surface area contributed by atoms with E-state index in [4.69, 9.17) is 18.6 Å². The molecule has 812 valence electrons. The first kappa shape index (κ1) is 135. The molecule has 10 heteroatoms. The van der Waals surface area contributed by atoms with Crippen molar-refractivity contribution < 1.29 is 27.8 Å². The molecule has 0 spiro atoms. The predicted octanol–water partition coefficient (Wildman–Crippen LogP) is 36.3. The van der Waals surface area contributed by atoms with E-state index < -0.39 is 0 Å². The smallest absolute Gasteiger partial charge is 0.231 e. The zero-order valence-corrected chi connectivity index (χ0v) is 103. The summed E-state index contributed by atoms with van der Waals surface area (Å²) in [7, 11) is 0. The van der Waals surface area contributed by atoms with Crippen LogP contribution in [0.4, 0.5) is 4.39 Å². The third kappa shape index (κ3) is 68.4. The van der Waals surface area contributed by atoms with Crippen molar-refractivity contribution in [3.05, 3.63) is 288 Å². The Morgan fingerprint density at radius 2 is 0.827 bits per heavy atom. The molecule has 0 N–H and O–H groups in total. The van der Waals surface area contributed by atoms with Crippen molar-refractivity contribution in [2.45, 2.75) is 384 Å². The van der Waals surface area contributed by atoms with E-state index in [9.17, 15) is 9.18 Å². The maximum Gasteiger partial charge on any atom is 0.231 e. The number of allylic oxidation sites excluding steroid dienone is 2. The second-order valence-corrected chi connectivity index (χ2v) is 53.3. The van der Waals surface area contributed by atoms with Gasteiger partial charge < -0.3 is 23.5 Å². The maximum atomic E-state index is 13.3. The third-order valence-electron chi connectivity index (χ3n) is 21.4. The number of nitrogens with zero attached hydrogens (tertiary/aromatic N) is 3. The lowest BCUT2D eigenvalue weighted by molar-refractivity contribution is -0.146. The molecule has 1 amide bonds. The number of thiophene rings is 1. The van der Waals surface area contributed by atoms with Gasteiger partial charge in [-0.1, -0.05) is 259 Å². The summed E-state index contributed by atoms with van der Waals surface area (Å²) in [5, 5.41) is 2.05. The van der Waals surface area contributed by atoms with E-state index in [1.807, 2.05) is 92.6 Å². The summed E-state index contributed by atoms with van der Waals surface area (Å²) < 4.78 is 34.3. The largest absolute Gasteiger partial charge is 0.469 e. The molecule has 3 aromatic heterocycles. The van der Waals surface area contributed by atoms with Gasteiger partial charge in [0.15, 0.2) is 11.5 Å². The van der Waals surface area contributed by atoms with Gasteiger partial charge in [-0.2, -0.15) is 0 Å². The van der Waals surface area contributed by atoms with Crippen molar-refractivity contribution in [2.75, 3.05) is 39.6 Å². The second-order valence-electron chi connectivity index (χ2n) is 52.4. The number of amides is 1. The normalized spacial score (nSPS) is 13.5. The number of aryl methyl sites for hydroxylation is 6. The van der Waals surface area contributed by atoms with Crippen LogP contribution in [-0.2, 0) is 25.8 Å². The van der Waals surface area contributed by atoms with Crippen LogP contribution in [0.15, 0.2) is 204 Å². The number of morpholine rings is 1. The number of hydrogen-bond donors (Lipinski definition) is 0. The number of β-lactam (4-membered cyclic amide) rings is 1. The molecule has 9 aromatic rings. The lowest BCUT2D eigenvalue weighted by Gasteiger charge is -2.42. The minimum atomic E-state index is -0.234. The molecule has 2 saturated heterocycles. The molecule has 2 aliphatic carbocycles. The Hall–Kier alpha value is -11.4. The Bertz CT molecular complexity index is 6010. The van der Waals surface area contributed by atoms with Gasteiger partial charge in [-0.05, 0) is 428 Å². The number of furan rings is 1. The molecule has 1 saturated carbocycles. The lowest BCUT2D eigenvalue weighted by Crippen LogP contribution is -2.54. The van der Waals surface area contributed by atoms with Gasteiger partial charge in [0.05, 0.1) is 29.9 Å². The molecule has 6 heterocycles. The molecule has 0 bridgehead atoms. The van der Waals surface area contributed by atoms with Gasteiger partial charge in [-0.3, -0.25) is 9.69 Å². The summed E-state index contributed by atoms with van der Waals surface area (Å²) in [6.45, 7) is 101. The quantitative estimate of drug-likeness (QED) is 0.111. The fourth-order valence-electron chi connectivity index (χ4n) is 12.3. The molecule has 6 aromatic carbocycles. The number of likely N-dealkylation sites (tertiary alicyclic amines) is 1. The molecular formula is C140H194FN3O5S. The highest BCUT2D eigenvalue weighted by molar-refractivity contribution is 7.10. The minimum Gasteiger partial charge on any atom is -0.469 e. The van der Waals surface area contributed by atoms with Crippen LogP contribution in [0.25, 0.3) is 0 Å². The highest BCUT2D eigenvalue weighted by atomic mass is 32.1. The number of hydrogen-bond acceptors (Lipinski definition) is 8. The van der Waals surface area contributed by atoms with Crippen molar-refractivity contribution >= 4 is 17.2 Å². The number of ether oxygens (including phenoxy) is 3. The summed E-state index contributed by atoms with van der Waals surface area (Å²) in [6.07, 6.45) is 14.3. The topological polar surface area (TPSA) is 77.3 Å². The molecule has 14 rings (SSSR count). The zero-order valence-electron chi connectivity index (χ0n) is 102. The van der Waals surface area contributed by atoms with E-state index in [2.05, 4.69) is 498 Å². The van der Waals surface area contributed by atoms with Gasteiger partial charge in [-0.25, -0.2) is 9.37 Å². The van der Waals surface area contributed by atoms with E-state index in [1.165, 1.54) is 89.1 Å². The molecule has 3 fully saturated rings. The van der Waals surface area contributed by atoms with Crippen molar-refractivity contribution in [1.82, 2.24) is 14.8 Å². The van der Waals surface area contributed by atoms with Crippen LogP contribution in [0.3, 0.4) is 0 Å². The van der Waals surface area contributed by atoms with Gasteiger partial charge in [0.1, 0.15) is 17.3 Å². The number of carbonyl (C=O) groups is 1. The van der Waals surface area contributed by atoms with Crippen LogP contribution >= 0.6 is 11.3 Å². The number of rotatable bonds is 0. The van der Waals surface area contributed by atoms with E-state index in [0.717, 1.165) is 95.3 Å². The molecular weight excluding hydrogens is 1850 g/mol. The first-order chi connectivity index (χ1) is 68.8. The van der Waals surface area contributed by atoms with Crippen LogP contribution in [0, 0.1) is 191 Å². The number of fused-ring (bicyclic) bond motifs is 1. The van der Waals surface area contributed by atoms with Gasteiger partial charge in [0.25, 0.3) is 0 Å². The van der Waals surface area contributed by atoms with E-state index in [1.54, 1.807) is 29.9 Å². The van der Waals surface area contributed by atoms with Crippen molar-refractivity contribution in [3.8, 4) is 106 Å². The fraction of sp³-hybridized carbons (Fsp3) is 0.514. The number of aromatic nitrogens is 1. The summed E-state index contributed by atoms with van der Waals surface area (Å²) in [5.74, 6) is 54.2. The summed E-state index contributed by atoms with van der Waals surface area (Å²) in [6, 6.07) is 56.7. The number of halogens is 1. The summed E-state index contributed by atoms with van der Waals surface area (Å²) in [4.78, 5) is 20.4. The molecule has 0 radical (unpaired) electrons. The number of benzene rings is 6. The average Bonchev–Trinajstić information content (AvgIpc) is 1.59. The Labute approximate surface area is 920 Å². The first-order valence-electron chi connectivity index (χ1n) is 53.8. The highest BCUT2D eigenvalue weighted by Crippen LogP contribution is 2.37. The highest BCUT2D eigenvalue weighted by Gasteiger charge is 2.33. The lowest BCUT2D eigenvalue weighted by atomic mass is 9.87. The SMILES string of the molecule is CC(C)(C)C#CC1=CCCCC1.CC(C)(C)C#CC1CC1.CC(C)(C)C#Cc1ccccn1.CC(C)(C)C#Cc1cccs1.CC(C)(C)N1CCC1=O.CC(C)(C)N1CCOCC1.CC(C)(C)c1ccc2c(c1)OCO2.CC(C)(C)c1ccco1.Cc1ccc(C#CC(C)(C)C)c(F)c1.Cc1ccc(C#CC(C)(C)C)cc1.Cc1ccc(C#CC(C)(C)C)cc1.Cc1ccc(C(C)(C)C)cc1.Cc1ccc(C)c(C#CC(C)(C)C)c1. The summed E-state index contributed by atoms with van der Waals surface area (Å²) >= 11 is 1.69. The van der Waals surface area contributed by atoms with E-state index in [0.29, 0.717) is 23.8 Å². The second kappa shape index (κ2) is 62.5. The van der Waals surface area contributed by atoms with Crippen LogP contribution < -0.4 is 9.47 Å². The van der Waals surface area contributed by atoms with Gasteiger partial charge in [-0.15, -0.1) is 11.3 Å². The zero-order chi connectivity index (χ0) is 114. The molecule has 0 atom stereocenters. The minimum absolute atomic E-state index is 0.0509. The Balaban J connectivity index is 0.000000550. The molecule has 3 aliphatic heterocycles. The molecule has 8 nitrogen and oxygen atoms in total. The molecule has 5 aliphatic rings. The Morgan fingerprint density at radius 3 is 1.21 bits per heavy atom. The molecule has 150 heavy (non-hydrogen) atoms. The van der Waals surface area contributed by atoms with Crippen molar-refractivity contribution in [3.63, 3.8) is 0 Å².